The Balaban J connectivity index is 1.98. The van der Waals surface area contributed by atoms with Crippen molar-refractivity contribution in [2.24, 2.45) is 5.92 Å². The van der Waals surface area contributed by atoms with Crippen LogP contribution in [0.15, 0.2) is 24.3 Å². The van der Waals surface area contributed by atoms with Crippen molar-refractivity contribution in [3.63, 3.8) is 0 Å². The number of alkyl halides is 3. The van der Waals surface area contributed by atoms with Crippen LogP contribution in [-0.4, -0.2) is 30.5 Å². The summed E-state index contributed by atoms with van der Waals surface area (Å²) in [6.45, 7) is 2.98. The molecule has 1 aromatic rings. The first kappa shape index (κ1) is 15.7. The number of piperidine rings is 1. The van der Waals surface area contributed by atoms with Crippen molar-refractivity contribution < 1.29 is 22.7 Å². The molecule has 0 spiro atoms. The molecule has 2 rings (SSSR count). The van der Waals surface area contributed by atoms with Crippen LogP contribution in [-0.2, 0) is 11.0 Å². The summed E-state index contributed by atoms with van der Waals surface area (Å²) in [6, 6.07) is 4.93. The SMILES string of the molecule is CC1CCCN(C(=O)COc2ccccc2C(F)(F)F)C1. The number of carbonyl (C=O) groups is 1. The molecule has 1 unspecified atom stereocenters. The van der Waals surface area contributed by atoms with Gasteiger partial charge in [0.15, 0.2) is 6.61 Å². The second-order valence-electron chi connectivity index (χ2n) is 5.37. The van der Waals surface area contributed by atoms with Gasteiger partial charge in [0.1, 0.15) is 5.75 Å². The maximum absolute atomic E-state index is 12.8. The molecule has 1 heterocycles. The lowest BCUT2D eigenvalue weighted by Crippen LogP contribution is -2.41. The van der Waals surface area contributed by atoms with E-state index in [9.17, 15) is 18.0 Å². The van der Waals surface area contributed by atoms with Crippen LogP contribution < -0.4 is 4.74 Å². The number of likely N-dealkylation sites (tertiary alicyclic amines) is 1. The van der Waals surface area contributed by atoms with E-state index in [1.807, 2.05) is 0 Å². The zero-order chi connectivity index (χ0) is 15.5. The number of hydrogen-bond acceptors (Lipinski definition) is 2. The molecule has 1 saturated heterocycles. The Labute approximate surface area is 121 Å². The smallest absolute Gasteiger partial charge is 0.419 e. The molecule has 1 fully saturated rings. The van der Waals surface area contributed by atoms with Gasteiger partial charge in [0.2, 0.25) is 0 Å². The maximum atomic E-state index is 12.8. The largest absolute Gasteiger partial charge is 0.483 e. The molecular formula is C15H18F3NO2. The first-order valence-corrected chi connectivity index (χ1v) is 6.94. The Morgan fingerprint density at radius 1 is 1.38 bits per heavy atom. The molecule has 1 amide bonds. The monoisotopic (exact) mass is 301 g/mol. The van der Waals surface area contributed by atoms with Crippen LogP contribution in [0.3, 0.4) is 0 Å². The Morgan fingerprint density at radius 3 is 2.76 bits per heavy atom. The number of hydrogen-bond donors (Lipinski definition) is 0. The van der Waals surface area contributed by atoms with Gasteiger partial charge < -0.3 is 9.64 Å². The molecule has 0 radical (unpaired) electrons. The minimum absolute atomic E-state index is 0.265. The first-order valence-electron chi connectivity index (χ1n) is 6.94. The topological polar surface area (TPSA) is 29.5 Å². The predicted octanol–water partition coefficient (Wildman–Crippen LogP) is 3.34. The highest BCUT2D eigenvalue weighted by Crippen LogP contribution is 2.35. The molecule has 1 atom stereocenters. The lowest BCUT2D eigenvalue weighted by Gasteiger charge is -2.30. The van der Waals surface area contributed by atoms with Gasteiger partial charge in [-0.1, -0.05) is 19.1 Å². The molecule has 21 heavy (non-hydrogen) atoms. The van der Waals surface area contributed by atoms with Crippen molar-refractivity contribution >= 4 is 5.91 Å². The van der Waals surface area contributed by atoms with Crippen molar-refractivity contribution in [3.8, 4) is 5.75 Å². The average Bonchev–Trinajstić information content (AvgIpc) is 2.44. The number of benzene rings is 1. The number of halogens is 3. The van der Waals surface area contributed by atoms with E-state index in [1.54, 1.807) is 4.90 Å². The van der Waals surface area contributed by atoms with Crippen molar-refractivity contribution in [2.75, 3.05) is 19.7 Å². The van der Waals surface area contributed by atoms with Crippen molar-refractivity contribution in [2.45, 2.75) is 25.9 Å². The zero-order valence-corrected chi connectivity index (χ0v) is 11.8. The number of nitrogens with zero attached hydrogens (tertiary/aromatic N) is 1. The van der Waals surface area contributed by atoms with Crippen LogP contribution in [0.2, 0.25) is 0 Å². The third kappa shape index (κ3) is 4.12. The molecule has 1 aliphatic heterocycles. The summed E-state index contributed by atoms with van der Waals surface area (Å²) in [5.41, 5.74) is -0.857. The lowest BCUT2D eigenvalue weighted by molar-refractivity contribution is -0.141. The summed E-state index contributed by atoms with van der Waals surface area (Å²) < 4.78 is 43.5. The van der Waals surface area contributed by atoms with Gasteiger partial charge in [0, 0.05) is 13.1 Å². The van der Waals surface area contributed by atoms with Gasteiger partial charge in [-0.3, -0.25) is 4.79 Å². The van der Waals surface area contributed by atoms with Gasteiger partial charge in [-0.15, -0.1) is 0 Å². The molecule has 3 nitrogen and oxygen atoms in total. The normalized spacial score (nSPS) is 19.4. The van der Waals surface area contributed by atoms with E-state index >= 15 is 0 Å². The van der Waals surface area contributed by atoms with Crippen molar-refractivity contribution in [3.05, 3.63) is 29.8 Å². The maximum Gasteiger partial charge on any atom is 0.419 e. The number of ether oxygens (including phenoxy) is 1. The summed E-state index contributed by atoms with van der Waals surface area (Å²) in [5.74, 6) is -0.146. The molecule has 1 aliphatic rings. The molecule has 116 valence electrons. The Hall–Kier alpha value is -1.72. The summed E-state index contributed by atoms with van der Waals surface area (Å²) in [4.78, 5) is 13.7. The van der Waals surface area contributed by atoms with Gasteiger partial charge in [0.05, 0.1) is 5.56 Å². The van der Waals surface area contributed by atoms with E-state index in [-0.39, 0.29) is 18.3 Å². The van der Waals surface area contributed by atoms with Crippen LogP contribution in [0.5, 0.6) is 5.75 Å². The average molecular weight is 301 g/mol. The fraction of sp³-hybridized carbons (Fsp3) is 0.533. The van der Waals surface area contributed by atoms with Gasteiger partial charge in [0.25, 0.3) is 5.91 Å². The Morgan fingerprint density at radius 2 is 2.10 bits per heavy atom. The van der Waals surface area contributed by atoms with E-state index in [1.165, 1.54) is 18.2 Å². The van der Waals surface area contributed by atoms with Crippen molar-refractivity contribution in [1.29, 1.82) is 0 Å². The molecule has 6 heteroatoms. The van der Waals surface area contributed by atoms with E-state index in [0.717, 1.165) is 18.9 Å². The minimum Gasteiger partial charge on any atom is -0.483 e. The standard InChI is InChI=1S/C15H18F3NO2/c1-11-5-4-8-19(9-11)14(20)10-21-13-7-3-2-6-12(13)15(16,17)18/h2-3,6-7,11H,4-5,8-10H2,1H3. The molecule has 0 bridgehead atoms. The van der Waals surface area contributed by atoms with E-state index in [4.69, 9.17) is 4.74 Å². The van der Waals surface area contributed by atoms with E-state index in [0.29, 0.717) is 19.0 Å². The number of para-hydroxylation sites is 1. The summed E-state index contributed by atoms with van der Waals surface area (Å²) >= 11 is 0. The Bertz CT molecular complexity index is 502. The van der Waals surface area contributed by atoms with Gasteiger partial charge in [-0.05, 0) is 30.9 Å². The highest BCUT2D eigenvalue weighted by molar-refractivity contribution is 5.77. The van der Waals surface area contributed by atoms with Gasteiger partial charge in [-0.25, -0.2) is 0 Å². The minimum atomic E-state index is -4.49. The summed E-state index contributed by atoms with van der Waals surface area (Å²) in [7, 11) is 0. The molecule has 0 N–H and O–H groups in total. The zero-order valence-electron chi connectivity index (χ0n) is 11.8. The lowest BCUT2D eigenvalue weighted by atomic mass is 10.0. The second-order valence-corrected chi connectivity index (χ2v) is 5.37. The van der Waals surface area contributed by atoms with Gasteiger partial charge in [-0.2, -0.15) is 13.2 Å². The number of amides is 1. The van der Waals surface area contributed by atoms with E-state index in [2.05, 4.69) is 6.92 Å². The quantitative estimate of drug-likeness (QED) is 0.857. The molecule has 1 aromatic carbocycles. The molecule has 0 aliphatic carbocycles. The van der Waals surface area contributed by atoms with Crippen LogP contribution in [0.25, 0.3) is 0 Å². The summed E-state index contributed by atoms with van der Waals surface area (Å²) in [5, 5.41) is 0. The van der Waals surface area contributed by atoms with Crippen LogP contribution in [0, 0.1) is 5.92 Å². The van der Waals surface area contributed by atoms with Crippen LogP contribution in [0.1, 0.15) is 25.3 Å². The molecular weight excluding hydrogens is 283 g/mol. The highest BCUT2D eigenvalue weighted by Gasteiger charge is 2.34. The number of carbonyl (C=O) groups excluding carboxylic acids is 1. The van der Waals surface area contributed by atoms with E-state index < -0.39 is 11.7 Å². The molecule has 0 saturated carbocycles. The second kappa shape index (κ2) is 6.37. The first-order chi connectivity index (χ1) is 9.88. The van der Waals surface area contributed by atoms with Crippen LogP contribution in [0.4, 0.5) is 13.2 Å². The Kier molecular flexibility index (Phi) is 4.75. The summed E-state index contributed by atoms with van der Waals surface area (Å²) in [6.07, 6.45) is -2.49. The fourth-order valence-electron chi connectivity index (χ4n) is 2.47. The predicted molar refractivity (Wildman–Crippen MR) is 71.9 cm³/mol. The third-order valence-corrected chi connectivity index (χ3v) is 3.55. The van der Waals surface area contributed by atoms with Crippen molar-refractivity contribution in [1.82, 2.24) is 4.90 Å². The number of rotatable bonds is 3. The highest BCUT2D eigenvalue weighted by atomic mass is 19.4. The van der Waals surface area contributed by atoms with Crippen LogP contribution >= 0.6 is 0 Å². The van der Waals surface area contributed by atoms with Gasteiger partial charge >= 0.3 is 6.18 Å². The molecule has 0 aromatic heterocycles. The fourth-order valence-corrected chi connectivity index (χ4v) is 2.47. The third-order valence-electron chi connectivity index (χ3n) is 3.55.